The lowest BCUT2D eigenvalue weighted by Gasteiger charge is -2.28. The van der Waals surface area contributed by atoms with Gasteiger partial charge in [0.25, 0.3) is 5.91 Å². The first-order valence-electron chi connectivity index (χ1n) is 9.13. The zero-order valence-electron chi connectivity index (χ0n) is 15.9. The number of carbonyl (C=O) groups is 1. The van der Waals surface area contributed by atoms with Crippen molar-refractivity contribution in [1.82, 2.24) is 0 Å². The van der Waals surface area contributed by atoms with Crippen molar-refractivity contribution in [1.29, 1.82) is 5.26 Å². The second-order valence-corrected chi connectivity index (χ2v) is 6.31. The number of hydrogen-bond donors (Lipinski definition) is 1. The average molecular weight is 346 g/mol. The van der Waals surface area contributed by atoms with Crippen molar-refractivity contribution in [3.8, 4) is 11.8 Å². The number of amides is 1. The molecule has 0 aliphatic rings. The van der Waals surface area contributed by atoms with Gasteiger partial charge < -0.3 is 14.8 Å². The fourth-order valence-electron chi connectivity index (χ4n) is 2.39. The van der Waals surface area contributed by atoms with E-state index in [0.29, 0.717) is 36.6 Å². The SMILES string of the molecule is CCCCC(C)(OCCC)C(=O)Nc1ccc(OCCC)c(C#N)c1. The van der Waals surface area contributed by atoms with Gasteiger partial charge in [-0.1, -0.05) is 33.6 Å². The maximum atomic E-state index is 12.8. The van der Waals surface area contributed by atoms with Crippen molar-refractivity contribution in [3.63, 3.8) is 0 Å². The Bertz CT molecular complexity index is 585. The molecule has 0 spiro atoms. The number of ether oxygens (including phenoxy) is 2. The quantitative estimate of drug-likeness (QED) is 0.632. The lowest BCUT2D eigenvalue weighted by molar-refractivity contribution is -0.140. The van der Waals surface area contributed by atoms with E-state index < -0.39 is 5.60 Å². The van der Waals surface area contributed by atoms with Crippen LogP contribution in [0.1, 0.15) is 65.4 Å². The van der Waals surface area contributed by atoms with Gasteiger partial charge in [-0.3, -0.25) is 4.79 Å². The summed E-state index contributed by atoms with van der Waals surface area (Å²) in [6.07, 6.45) is 4.31. The van der Waals surface area contributed by atoms with Gasteiger partial charge in [0.2, 0.25) is 0 Å². The minimum absolute atomic E-state index is 0.180. The van der Waals surface area contributed by atoms with Crippen LogP contribution in [0.4, 0.5) is 5.69 Å². The molecular weight excluding hydrogens is 316 g/mol. The van der Waals surface area contributed by atoms with Gasteiger partial charge >= 0.3 is 0 Å². The number of benzene rings is 1. The molecule has 0 saturated carbocycles. The van der Waals surface area contributed by atoms with Crippen molar-refractivity contribution < 1.29 is 14.3 Å². The van der Waals surface area contributed by atoms with Crippen LogP contribution in [0.2, 0.25) is 0 Å². The van der Waals surface area contributed by atoms with E-state index in [1.54, 1.807) is 18.2 Å². The normalized spacial score (nSPS) is 12.9. The van der Waals surface area contributed by atoms with Crippen molar-refractivity contribution in [3.05, 3.63) is 23.8 Å². The second kappa shape index (κ2) is 10.7. The Kier molecular flexibility index (Phi) is 9.01. The summed E-state index contributed by atoms with van der Waals surface area (Å²) in [7, 11) is 0. The van der Waals surface area contributed by atoms with Gasteiger partial charge in [0.15, 0.2) is 0 Å². The molecule has 1 rings (SSSR count). The first kappa shape index (κ1) is 21.0. The van der Waals surface area contributed by atoms with Crippen LogP contribution in [0.3, 0.4) is 0 Å². The highest BCUT2D eigenvalue weighted by Gasteiger charge is 2.33. The van der Waals surface area contributed by atoms with Gasteiger partial charge in [-0.25, -0.2) is 0 Å². The third-order valence-electron chi connectivity index (χ3n) is 3.93. The third kappa shape index (κ3) is 6.39. The number of carbonyl (C=O) groups excluding carboxylic acids is 1. The summed E-state index contributed by atoms with van der Waals surface area (Å²) in [5.41, 5.74) is 0.125. The zero-order chi connectivity index (χ0) is 18.7. The van der Waals surface area contributed by atoms with Gasteiger partial charge in [0.05, 0.1) is 12.2 Å². The number of anilines is 1. The summed E-state index contributed by atoms with van der Waals surface area (Å²) in [6, 6.07) is 7.24. The van der Waals surface area contributed by atoms with Gasteiger partial charge in [0, 0.05) is 12.3 Å². The fraction of sp³-hybridized carbons (Fsp3) is 0.600. The van der Waals surface area contributed by atoms with Crippen LogP contribution < -0.4 is 10.1 Å². The predicted octanol–water partition coefficient (Wildman–Crippen LogP) is 4.66. The predicted molar refractivity (Wildman–Crippen MR) is 99.7 cm³/mol. The number of hydrogen-bond acceptors (Lipinski definition) is 4. The highest BCUT2D eigenvalue weighted by Crippen LogP contribution is 2.25. The highest BCUT2D eigenvalue weighted by atomic mass is 16.5. The topological polar surface area (TPSA) is 71.3 Å². The molecular formula is C20H30N2O3. The lowest BCUT2D eigenvalue weighted by atomic mass is 9.97. The number of nitrogens with zero attached hydrogens (tertiary/aromatic N) is 1. The van der Waals surface area contributed by atoms with E-state index in [1.807, 2.05) is 20.8 Å². The standard InChI is InChI=1S/C20H30N2O3/c1-5-8-11-20(4,25-13-7-3)19(23)22-17-9-10-18(24-12-6-2)16(14-17)15-21/h9-10,14H,5-8,11-13H2,1-4H3,(H,22,23). The first-order valence-corrected chi connectivity index (χ1v) is 9.13. The summed E-state index contributed by atoms with van der Waals surface area (Å²) < 4.78 is 11.4. The molecule has 1 aromatic carbocycles. The van der Waals surface area contributed by atoms with Gasteiger partial charge in [-0.2, -0.15) is 5.26 Å². The number of nitrogens with one attached hydrogen (secondary N) is 1. The Morgan fingerprint density at radius 1 is 1.20 bits per heavy atom. The molecule has 25 heavy (non-hydrogen) atoms. The van der Waals surface area contributed by atoms with Crippen LogP contribution in [0.15, 0.2) is 18.2 Å². The van der Waals surface area contributed by atoms with Crippen LogP contribution in [0, 0.1) is 11.3 Å². The van der Waals surface area contributed by atoms with Crippen molar-refractivity contribution >= 4 is 11.6 Å². The van der Waals surface area contributed by atoms with E-state index in [1.165, 1.54) is 0 Å². The molecule has 0 aliphatic carbocycles. The van der Waals surface area contributed by atoms with Gasteiger partial charge in [-0.05, 0) is 44.4 Å². The molecule has 1 N–H and O–H groups in total. The monoisotopic (exact) mass is 346 g/mol. The van der Waals surface area contributed by atoms with E-state index in [4.69, 9.17) is 9.47 Å². The summed E-state index contributed by atoms with van der Waals surface area (Å²) in [6.45, 7) is 9.05. The highest BCUT2D eigenvalue weighted by molar-refractivity contribution is 5.97. The van der Waals surface area contributed by atoms with E-state index in [-0.39, 0.29) is 5.91 Å². The molecule has 0 fully saturated rings. The maximum absolute atomic E-state index is 12.8. The molecule has 1 unspecified atom stereocenters. The Morgan fingerprint density at radius 2 is 1.92 bits per heavy atom. The van der Waals surface area contributed by atoms with Gasteiger partial charge in [0.1, 0.15) is 17.4 Å². The van der Waals surface area contributed by atoms with Crippen LogP contribution in [-0.4, -0.2) is 24.7 Å². The largest absolute Gasteiger partial charge is 0.492 e. The number of rotatable bonds is 11. The van der Waals surface area contributed by atoms with Crippen molar-refractivity contribution in [2.24, 2.45) is 0 Å². The minimum atomic E-state index is -0.865. The zero-order valence-corrected chi connectivity index (χ0v) is 15.9. The molecule has 0 bridgehead atoms. The molecule has 5 heteroatoms. The van der Waals surface area contributed by atoms with E-state index >= 15 is 0 Å². The molecule has 0 saturated heterocycles. The minimum Gasteiger partial charge on any atom is -0.492 e. The van der Waals surface area contributed by atoms with Gasteiger partial charge in [-0.15, -0.1) is 0 Å². The molecule has 1 amide bonds. The van der Waals surface area contributed by atoms with E-state index in [9.17, 15) is 10.1 Å². The molecule has 0 aromatic heterocycles. The third-order valence-corrected chi connectivity index (χ3v) is 3.93. The number of unbranched alkanes of at least 4 members (excludes halogenated alkanes) is 1. The van der Waals surface area contributed by atoms with Crippen molar-refractivity contribution in [2.75, 3.05) is 18.5 Å². The van der Waals surface area contributed by atoms with Crippen LogP contribution in [0.5, 0.6) is 5.75 Å². The van der Waals surface area contributed by atoms with Crippen LogP contribution >= 0.6 is 0 Å². The Hall–Kier alpha value is -2.06. The molecule has 0 aliphatic heterocycles. The lowest BCUT2D eigenvalue weighted by Crippen LogP contribution is -2.43. The summed E-state index contributed by atoms with van der Waals surface area (Å²) in [5.74, 6) is 0.360. The molecule has 0 heterocycles. The van der Waals surface area contributed by atoms with Crippen LogP contribution in [-0.2, 0) is 9.53 Å². The van der Waals surface area contributed by atoms with Crippen molar-refractivity contribution in [2.45, 2.75) is 65.4 Å². The fourth-order valence-corrected chi connectivity index (χ4v) is 2.39. The Labute approximate surface area is 151 Å². The summed E-state index contributed by atoms with van der Waals surface area (Å²) in [5, 5.41) is 12.2. The molecule has 1 atom stereocenters. The molecule has 5 nitrogen and oxygen atoms in total. The number of nitriles is 1. The maximum Gasteiger partial charge on any atom is 0.256 e. The molecule has 1 aromatic rings. The molecule has 0 radical (unpaired) electrons. The first-order chi connectivity index (χ1) is 12.0. The molecule has 138 valence electrons. The van der Waals surface area contributed by atoms with Crippen LogP contribution in [0.25, 0.3) is 0 Å². The van der Waals surface area contributed by atoms with E-state index in [0.717, 1.165) is 25.7 Å². The Balaban J connectivity index is 2.90. The second-order valence-electron chi connectivity index (χ2n) is 6.31. The smallest absolute Gasteiger partial charge is 0.256 e. The summed E-state index contributed by atoms with van der Waals surface area (Å²) in [4.78, 5) is 12.8. The van der Waals surface area contributed by atoms with E-state index in [2.05, 4.69) is 18.3 Å². The summed E-state index contributed by atoms with van der Waals surface area (Å²) >= 11 is 0. The average Bonchev–Trinajstić information content (AvgIpc) is 2.63. The Morgan fingerprint density at radius 3 is 2.52 bits per heavy atom.